The van der Waals surface area contributed by atoms with Gasteiger partial charge in [0.1, 0.15) is 0 Å². The van der Waals surface area contributed by atoms with Crippen molar-refractivity contribution in [3.8, 4) is 0 Å². The number of carbonyl (C=O) groups is 1. The van der Waals surface area contributed by atoms with Gasteiger partial charge in [0.05, 0.1) is 6.61 Å². The zero-order valence-electron chi connectivity index (χ0n) is 17.7. The summed E-state index contributed by atoms with van der Waals surface area (Å²) in [6.07, 6.45) is 4.74. The number of benzene rings is 1. The van der Waals surface area contributed by atoms with Crippen LogP contribution in [0.2, 0.25) is 18.1 Å². The van der Waals surface area contributed by atoms with Crippen LogP contribution in [0.15, 0.2) is 37.4 Å². The van der Waals surface area contributed by atoms with Gasteiger partial charge in [-0.15, -0.1) is 6.58 Å². The Balaban J connectivity index is 2.42. The fourth-order valence-electron chi connectivity index (χ4n) is 2.93. The standard InChI is InChI=1S/C23H33NO2Si/c1-9-11-12-22(25)19-13-14-21-20(18(19)10-2)15-17(24(21)6)16-26-27(7,8)23(3,4)5/h9-10,13-15H,1-2,11-12,16H2,3-8H3. The number of hydrogen-bond acceptors (Lipinski definition) is 2. The number of carbonyl (C=O) groups excluding carboxylic acids is 1. The first-order chi connectivity index (χ1) is 12.5. The van der Waals surface area contributed by atoms with Gasteiger partial charge in [0.15, 0.2) is 14.1 Å². The first-order valence-corrected chi connectivity index (χ1v) is 12.5. The zero-order chi connectivity index (χ0) is 20.4. The minimum Gasteiger partial charge on any atom is -0.411 e. The van der Waals surface area contributed by atoms with Gasteiger partial charge in [0.2, 0.25) is 0 Å². The Kier molecular flexibility index (Phi) is 6.33. The highest BCUT2D eigenvalue weighted by Gasteiger charge is 2.37. The van der Waals surface area contributed by atoms with Crippen molar-refractivity contribution in [3.05, 3.63) is 54.3 Å². The van der Waals surface area contributed by atoms with Gasteiger partial charge in [-0.2, -0.15) is 0 Å². The molecule has 1 aromatic heterocycles. The Morgan fingerprint density at radius 2 is 1.93 bits per heavy atom. The molecule has 0 fully saturated rings. The highest BCUT2D eigenvalue weighted by atomic mass is 28.4. The molecule has 0 radical (unpaired) electrons. The number of aromatic nitrogens is 1. The molecule has 4 heteroatoms. The van der Waals surface area contributed by atoms with Crippen molar-refractivity contribution in [3.63, 3.8) is 0 Å². The third kappa shape index (κ3) is 4.33. The third-order valence-corrected chi connectivity index (χ3v) is 10.3. The molecule has 0 amide bonds. The van der Waals surface area contributed by atoms with Gasteiger partial charge in [-0.3, -0.25) is 4.79 Å². The molecule has 2 aromatic rings. The molecule has 0 unspecified atom stereocenters. The lowest BCUT2D eigenvalue weighted by molar-refractivity contribution is 0.0983. The lowest BCUT2D eigenvalue weighted by Crippen LogP contribution is -2.40. The summed E-state index contributed by atoms with van der Waals surface area (Å²) in [5.74, 6) is 0.134. The number of ketones is 1. The van der Waals surface area contributed by atoms with Crippen molar-refractivity contribution >= 4 is 31.1 Å². The molecule has 146 valence electrons. The van der Waals surface area contributed by atoms with Crippen LogP contribution in [0.4, 0.5) is 0 Å². The summed E-state index contributed by atoms with van der Waals surface area (Å²) in [5, 5.41) is 1.24. The maximum atomic E-state index is 12.6. The lowest BCUT2D eigenvalue weighted by atomic mass is 9.97. The quantitative estimate of drug-likeness (QED) is 0.296. The number of fused-ring (bicyclic) bond motifs is 1. The molecule has 0 N–H and O–H groups in total. The molecular weight excluding hydrogens is 350 g/mol. The lowest BCUT2D eigenvalue weighted by Gasteiger charge is -2.36. The van der Waals surface area contributed by atoms with Crippen LogP contribution in [-0.4, -0.2) is 18.7 Å². The molecule has 3 nitrogen and oxygen atoms in total. The topological polar surface area (TPSA) is 31.2 Å². The monoisotopic (exact) mass is 383 g/mol. The van der Waals surface area contributed by atoms with Crippen LogP contribution < -0.4 is 0 Å². The molecular formula is C23H33NO2Si. The van der Waals surface area contributed by atoms with E-state index >= 15 is 0 Å². The zero-order valence-corrected chi connectivity index (χ0v) is 18.7. The molecule has 27 heavy (non-hydrogen) atoms. The van der Waals surface area contributed by atoms with Gasteiger partial charge in [0, 0.05) is 35.6 Å². The summed E-state index contributed by atoms with van der Waals surface area (Å²) >= 11 is 0. The number of rotatable bonds is 8. The average Bonchev–Trinajstić information content (AvgIpc) is 2.92. The van der Waals surface area contributed by atoms with Crippen LogP contribution in [0, 0.1) is 0 Å². The highest BCUT2D eigenvalue weighted by Crippen LogP contribution is 2.37. The maximum Gasteiger partial charge on any atom is 0.192 e. The van der Waals surface area contributed by atoms with E-state index < -0.39 is 8.32 Å². The van der Waals surface area contributed by atoms with Crippen molar-refractivity contribution in [2.75, 3.05) is 0 Å². The largest absolute Gasteiger partial charge is 0.411 e. The molecule has 2 rings (SSSR count). The fraction of sp³-hybridized carbons (Fsp3) is 0.435. The first-order valence-electron chi connectivity index (χ1n) is 9.55. The maximum absolute atomic E-state index is 12.6. The molecule has 0 aliphatic heterocycles. The van der Waals surface area contributed by atoms with Crippen LogP contribution >= 0.6 is 0 Å². The Morgan fingerprint density at radius 3 is 2.48 bits per heavy atom. The number of Topliss-reactive ketones (excluding diaryl/α,β-unsaturated/α-hetero) is 1. The van der Waals surface area contributed by atoms with E-state index in [0.29, 0.717) is 19.4 Å². The first kappa shape index (κ1) is 21.4. The van der Waals surface area contributed by atoms with Gasteiger partial charge < -0.3 is 8.99 Å². The summed E-state index contributed by atoms with van der Waals surface area (Å²) in [5.41, 5.74) is 3.87. The molecule has 0 bridgehead atoms. The number of hydrogen-bond donors (Lipinski definition) is 0. The van der Waals surface area contributed by atoms with Crippen molar-refractivity contribution in [2.24, 2.45) is 7.05 Å². The SMILES string of the molecule is C=CCCC(=O)c1ccc2c(cc(CO[Si](C)(C)C(C)(C)C)n2C)c1C=C. The van der Waals surface area contributed by atoms with Crippen molar-refractivity contribution in [1.82, 2.24) is 4.57 Å². The second kappa shape index (κ2) is 7.99. The summed E-state index contributed by atoms with van der Waals surface area (Å²) in [6, 6.07) is 6.09. The van der Waals surface area contributed by atoms with E-state index in [-0.39, 0.29) is 10.8 Å². The van der Waals surface area contributed by atoms with Gasteiger partial charge in [-0.05, 0) is 48.3 Å². The molecule has 1 aromatic carbocycles. The van der Waals surface area contributed by atoms with E-state index in [2.05, 4.69) is 64.7 Å². The van der Waals surface area contributed by atoms with E-state index in [1.807, 2.05) is 12.1 Å². The van der Waals surface area contributed by atoms with E-state index in [4.69, 9.17) is 4.43 Å². The number of nitrogens with zero attached hydrogens (tertiary/aromatic N) is 1. The molecule has 0 atom stereocenters. The van der Waals surface area contributed by atoms with E-state index in [0.717, 1.165) is 27.7 Å². The Bertz CT molecular complexity index is 869. The molecule has 0 aliphatic carbocycles. The van der Waals surface area contributed by atoms with Crippen LogP contribution in [0.25, 0.3) is 17.0 Å². The molecule has 0 saturated carbocycles. The normalized spacial score (nSPS) is 12.4. The molecule has 0 saturated heterocycles. The Hall–Kier alpha value is -1.91. The number of allylic oxidation sites excluding steroid dienone is 1. The minimum absolute atomic E-state index is 0.134. The van der Waals surface area contributed by atoms with Gasteiger partial charge in [-0.25, -0.2) is 0 Å². The van der Waals surface area contributed by atoms with Gasteiger partial charge in [0.25, 0.3) is 0 Å². The summed E-state index contributed by atoms with van der Waals surface area (Å²) in [4.78, 5) is 12.6. The van der Waals surface area contributed by atoms with Crippen molar-refractivity contribution in [2.45, 2.75) is 58.4 Å². The predicted octanol–water partition coefficient (Wildman–Crippen LogP) is 6.49. The molecule has 0 spiro atoms. The predicted molar refractivity (Wildman–Crippen MR) is 119 cm³/mol. The van der Waals surface area contributed by atoms with Crippen LogP contribution in [-0.2, 0) is 18.1 Å². The van der Waals surface area contributed by atoms with E-state index in [9.17, 15) is 4.79 Å². The highest BCUT2D eigenvalue weighted by molar-refractivity contribution is 6.74. The van der Waals surface area contributed by atoms with Crippen molar-refractivity contribution < 1.29 is 9.22 Å². The fourth-order valence-corrected chi connectivity index (χ4v) is 3.87. The van der Waals surface area contributed by atoms with Gasteiger partial charge in [-0.1, -0.05) is 39.5 Å². The summed E-state index contributed by atoms with van der Waals surface area (Å²) < 4.78 is 8.57. The molecule has 1 heterocycles. The van der Waals surface area contributed by atoms with Crippen LogP contribution in [0.3, 0.4) is 0 Å². The average molecular weight is 384 g/mol. The number of aryl methyl sites for hydroxylation is 1. The second-order valence-corrected chi connectivity index (χ2v) is 13.5. The Labute approximate surface area is 164 Å². The van der Waals surface area contributed by atoms with Crippen LogP contribution in [0.1, 0.15) is 55.2 Å². The van der Waals surface area contributed by atoms with Crippen LogP contribution in [0.5, 0.6) is 0 Å². The smallest absolute Gasteiger partial charge is 0.192 e. The van der Waals surface area contributed by atoms with Crippen molar-refractivity contribution in [1.29, 1.82) is 0 Å². The van der Waals surface area contributed by atoms with Gasteiger partial charge >= 0.3 is 0 Å². The third-order valence-electron chi connectivity index (χ3n) is 5.83. The van der Waals surface area contributed by atoms with E-state index in [1.54, 1.807) is 12.2 Å². The minimum atomic E-state index is -1.82. The summed E-state index contributed by atoms with van der Waals surface area (Å²) in [7, 11) is 0.232. The second-order valence-electron chi connectivity index (χ2n) is 8.66. The summed E-state index contributed by atoms with van der Waals surface area (Å²) in [6.45, 7) is 19.5. The molecule has 0 aliphatic rings. The van der Waals surface area contributed by atoms with E-state index in [1.165, 1.54) is 0 Å². The Morgan fingerprint density at radius 1 is 1.26 bits per heavy atom.